The molecule has 4 rings (SSSR count). The van der Waals surface area contributed by atoms with Gasteiger partial charge in [0.1, 0.15) is 0 Å². The fourth-order valence-corrected chi connectivity index (χ4v) is 3.58. The van der Waals surface area contributed by atoms with E-state index in [1.54, 1.807) is 24.5 Å². The first-order chi connectivity index (χ1) is 12.7. The second-order valence-electron chi connectivity index (χ2n) is 5.78. The molecule has 1 N–H and O–H groups in total. The number of thiazole rings is 1. The molecule has 0 saturated carbocycles. The average Bonchev–Trinajstić information content (AvgIpc) is 3.01. The Balaban J connectivity index is 1.74. The van der Waals surface area contributed by atoms with Crippen molar-refractivity contribution in [3.8, 4) is 0 Å². The third-order valence-corrected chi connectivity index (χ3v) is 4.94. The van der Waals surface area contributed by atoms with Gasteiger partial charge in [0.15, 0.2) is 5.78 Å². The van der Waals surface area contributed by atoms with Gasteiger partial charge in [0.2, 0.25) is 0 Å². The van der Waals surface area contributed by atoms with Crippen LogP contribution in [0.15, 0.2) is 71.8 Å². The fraction of sp³-hybridized carbons (Fsp3) is 0. The third kappa shape index (κ3) is 3.38. The lowest BCUT2D eigenvalue weighted by Gasteiger charge is -1.98. The summed E-state index contributed by atoms with van der Waals surface area (Å²) < 4.78 is 1.10. The van der Waals surface area contributed by atoms with Crippen LogP contribution >= 0.6 is 11.3 Å². The molecule has 26 heavy (non-hydrogen) atoms. The highest BCUT2D eigenvalue weighted by Gasteiger charge is 2.03. The molecular weight excluding hydrogens is 344 g/mol. The molecule has 0 radical (unpaired) electrons. The summed E-state index contributed by atoms with van der Waals surface area (Å²) in [5.74, 6) is -0.165. The highest BCUT2D eigenvalue weighted by molar-refractivity contribution is 7.07. The average molecular weight is 358 g/mol. The predicted octanol–water partition coefficient (Wildman–Crippen LogP) is 2.48. The topological polar surface area (TPSA) is 62.8 Å². The molecule has 0 aliphatic carbocycles. The SMILES string of the molecule is O=C(/C=c1/[nH]c(=O)/c(=C/c2ccc3ccccc3c2)s1)c1ccncc1. The molecular formula is C21H14N2O2S. The predicted molar refractivity (Wildman–Crippen MR) is 105 cm³/mol. The molecule has 4 aromatic rings. The first kappa shape index (κ1) is 16.2. The summed E-state index contributed by atoms with van der Waals surface area (Å²) in [5.41, 5.74) is 1.29. The Labute approximate surface area is 152 Å². The zero-order chi connectivity index (χ0) is 17.9. The largest absolute Gasteiger partial charge is 0.313 e. The van der Waals surface area contributed by atoms with Crippen LogP contribution in [0.25, 0.3) is 22.9 Å². The first-order valence-corrected chi connectivity index (χ1v) is 8.86. The smallest absolute Gasteiger partial charge is 0.266 e. The minimum absolute atomic E-state index is 0.165. The number of aromatic amines is 1. The van der Waals surface area contributed by atoms with E-state index >= 15 is 0 Å². The molecule has 0 aliphatic heterocycles. The van der Waals surface area contributed by atoms with E-state index in [0.717, 1.165) is 16.3 Å². The van der Waals surface area contributed by atoms with E-state index in [1.807, 2.05) is 42.5 Å². The van der Waals surface area contributed by atoms with E-state index in [1.165, 1.54) is 17.4 Å². The maximum absolute atomic E-state index is 12.2. The van der Waals surface area contributed by atoms with Gasteiger partial charge in [-0.05, 0) is 40.6 Å². The maximum atomic E-state index is 12.2. The molecule has 0 amide bonds. The molecule has 0 bridgehead atoms. The van der Waals surface area contributed by atoms with Crippen molar-refractivity contribution in [1.82, 2.24) is 9.97 Å². The van der Waals surface area contributed by atoms with Crippen molar-refractivity contribution in [2.75, 3.05) is 0 Å². The highest BCUT2D eigenvalue weighted by atomic mass is 32.1. The Bertz CT molecular complexity index is 1270. The molecule has 0 aliphatic rings. The van der Waals surface area contributed by atoms with Gasteiger partial charge in [-0.25, -0.2) is 0 Å². The minimum Gasteiger partial charge on any atom is -0.313 e. The number of H-pyrrole nitrogens is 1. The van der Waals surface area contributed by atoms with Gasteiger partial charge in [0.05, 0.1) is 9.20 Å². The van der Waals surface area contributed by atoms with Crippen molar-refractivity contribution >= 4 is 40.0 Å². The van der Waals surface area contributed by atoms with Gasteiger partial charge in [-0.1, -0.05) is 36.4 Å². The molecule has 0 unspecified atom stereocenters. The molecule has 0 spiro atoms. The molecule has 0 saturated heterocycles. The van der Waals surface area contributed by atoms with Crippen molar-refractivity contribution in [2.45, 2.75) is 0 Å². The molecule has 2 aromatic carbocycles. The number of nitrogens with zero attached hydrogens (tertiary/aromatic N) is 1. The number of fused-ring (bicyclic) bond motifs is 1. The molecule has 2 heterocycles. The van der Waals surface area contributed by atoms with Crippen molar-refractivity contribution < 1.29 is 4.79 Å². The number of carbonyl (C=O) groups is 1. The number of hydrogen-bond donors (Lipinski definition) is 1. The van der Waals surface area contributed by atoms with Crippen LogP contribution in [-0.2, 0) is 0 Å². The molecule has 2 aromatic heterocycles. The highest BCUT2D eigenvalue weighted by Crippen LogP contribution is 2.15. The Morgan fingerprint density at radius 2 is 1.77 bits per heavy atom. The number of rotatable bonds is 3. The normalized spacial score (nSPS) is 12.6. The van der Waals surface area contributed by atoms with Gasteiger partial charge < -0.3 is 4.98 Å². The quantitative estimate of drug-likeness (QED) is 0.572. The van der Waals surface area contributed by atoms with Crippen molar-refractivity contribution in [1.29, 1.82) is 0 Å². The van der Waals surface area contributed by atoms with Crippen molar-refractivity contribution in [3.63, 3.8) is 0 Å². The van der Waals surface area contributed by atoms with Crippen LogP contribution in [0.3, 0.4) is 0 Å². The van der Waals surface area contributed by atoms with Gasteiger partial charge in [-0.2, -0.15) is 0 Å². The van der Waals surface area contributed by atoms with Gasteiger partial charge >= 0.3 is 0 Å². The lowest BCUT2D eigenvalue weighted by Crippen LogP contribution is -2.20. The van der Waals surface area contributed by atoms with Gasteiger partial charge in [-0.3, -0.25) is 14.6 Å². The van der Waals surface area contributed by atoms with Crippen LogP contribution in [0, 0.1) is 0 Å². The van der Waals surface area contributed by atoms with E-state index in [9.17, 15) is 9.59 Å². The monoisotopic (exact) mass is 358 g/mol. The summed E-state index contributed by atoms with van der Waals surface area (Å²) in [6, 6.07) is 17.4. The van der Waals surface area contributed by atoms with E-state index < -0.39 is 0 Å². The van der Waals surface area contributed by atoms with Crippen LogP contribution in [-0.4, -0.2) is 15.8 Å². The number of Topliss-reactive ketones (excluding diaryl/α,β-unsaturated/α-hetero) is 1. The zero-order valence-corrected chi connectivity index (χ0v) is 14.5. The summed E-state index contributed by atoms with van der Waals surface area (Å²) in [4.78, 5) is 31.1. The summed E-state index contributed by atoms with van der Waals surface area (Å²) in [5, 5.41) is 2.27. The number of aromatic nitrogens is 2. The molecule has 4 nitrogen and oxygen atoms in total. The number of nitrogens with one attached hydrogen (secondary N) is 1. The molecule has 0 fully saturated rings. The van der Waals surface area contributed by atoms with Crippen LogP contribution in [0.2, 0.25) is 0 Å². The van der Waals surface area contributed by atoms with Crippen LogP contribution in [0.4, 0.5) is 0 Å². The second kappa shape index (κ2) is 6.90. The van der Waals surface area contributed by atoms with Gasteiger partial charge in [0, 0.05) is 24.0 Å². The number of benzene rings is 2. The third-order valence-electron chi connectivity index (χ3n) is 3.98. The molecule has 5 heteroatoms. The second-order valence-corrected chi connectivity index (χ2v) is 6.86. The lowest BCUT2D eigenvalue weighted by molar-refractivity contribution is 0.106. The number of carbonyl (C=O) groups excluding carboxylic acids is 1. The van der Waals surface area contributed by atoms with E-state index in [2.05, 4.69) is 16.0 Å². The molecule has 126 valence electrons. The van der Waals surface area contributed by atoms with Crippen LogP contribution < -0.4 is 14.8 Å². The van der Waals surface area contributed by atoms with Crippen LogP contribution in [0.5, 0.6) is 0 Å². The van der Waals surface area contributed by atoms with E-state index in [-0.39, 0.29) is 11.3 Å². The van der Waals surface area contributed by atoms with Crippen LogP contribution in [0.1, 0.15) is 15.9 Å². The fourth-order valence-electron chi connectivity index (χ4n) is 2.69. The summed E-state index contributed by atoms with van der Waals surface area (Å²) in [7, 11) is 0. The van der Waals surface area contributed by atoms with Gasteiger partial charge in [-0.15, -0.1) is 11.3 Å². The number of pyridine rings is 1. The number of hydrogen-bond acceptors (Lipinski definition) is 4. The van der Waals surface area contributed by atoms with Crippen molar-refractivity contribution in [2.24, 2.45) is 0 Å². The summed E-state index contributed by atoms with van der Waals surface area (Å²) >= 11 is 1.27. The summed E-state index contributed by atoms with van der Waals surface area (Å²) in [6.07, 6.45) is 6.41. The standard InChI is InChI=1S/C21H14N2O2S/c24-18(16-7-9-22-10-8-16)13-20-23-21(25)19(26-20)12-14-5-6-15-3-1-2-4-17(15)11-14/h1-13H,(H,23,25)/b19-12-,20-13-. The maximum Gasteiger partial charge on any atom is 0.266 e. The van der Waals surface area contributed by atoms with Crippen molar-refractivity contribution in [3.05, 3.63) is 97.7 Å². The Kier molecular flexibility index (Phi) is 4.29. The Hall–Kier alpha value is -3.31. The van der Waals surface area contributed by atoms with Gasteiger partial charge in [0.25, 0.3) is 5.56 Å². The van der Waals surface area contributed by atoms with E-state index in [0.29, 0.717) is 14.8 Å². The zero-order valence-electron chi connectivity index (χ0n) is 13.7. The molecule has 0 atom stereocenters. The first-order valence-electron chi connectivity index (χ1n) is 8.05. The minimum atomic E-state index is -0.197. The lowest BCUT2D eigenvalue weighted by atomic mass is 10.1. The Morgan fingerprint density at radius 3 is 2.58 bits per heavy atom. The number of ketones is 1. The summed E-state index contributed by atoms with van der Waals surface area (Å²) in [6.45, 7) is 0. The van der Waals surface area contributed by atoms with E-state index in [4.69, 9.17) is 0 Å². The Morgan fingerprint density at radius 1 is 1.00 bits per heavy atom.